The van der Waals surface area contributed by atoms with Gasteiger partial charge < -0.3 is 0 Å². The molecule has 2 nitrogen and oxygen atoms in total. The molecule has 0 fully saturated rings. The molecular weight excluding hydrogens is 174 g/mol. The van der Waals surface area contributed by atoms with E-state index in [1.807, 2.05) is 6.07 Å². The Labute approximate surface area is 74.8 Å². The SMILES string of the molecule is CC(C)(C#N)c1ncc(F)cc1F. The van der Waals surface area contributed by atoms with E-state index < -0.39 is 17.0 Å². The van der Waals surface area contributed by atoms with Crippen LogP contribution in [-0.4, -0.2) is 4.98 Å². The molecular formula is C9H8F2N2. The summed E-state index contributed by atoms with van der Waals surface area (Å²) in [5.41, 5.74) is -1.06. The molecule has 1 rings (SSSR count). The predicted octanol–water partition coefficient (Wildman–Crippen LogP) is 2.16. The lowest BCUT2D eigenvalue weighted by Gasteiger charge is -2.14. The van der Waals surface area contributed by atoms with Crippen LogP contribution in [0.2, 0.25) is 0 Å². The summed E-state index contributed by atoms with van der Waals surface area (Å²) in [6, 6.07) is 2.62. The highest BCUT2D eigenvalue weighted by Crippen LogP contribution is 2.22. The Kier molecular flexibility index (Phi) is 2.28. The van der Waals surface area contributed by atoms with Gasteiger partial charge in [-0.2, -0.15) is 5.26 Å². The van der Waals surface area contributed by atoms with Crippen LogP contribution >= 0.6 is 0 Å². The van der Waals surface area contributed by atoms with Crippen molar-refractivity contribution in [1.82, 2.24) is 4.98 Å². The molecule has 0 atom stereocenters. The van der Waals surface area contributed by atoms with Gasteiger partial charge in [-0.1, -0.05) is 0 Å². The maximum atomic E-state index is 13.1. The van der Waals surface area contributed by atoms with Gasteiger partial charge >= 0.3 is 0 Å². The van der Waals surface area contributed by atoms with Crippen molar-refractivity contribution in [2.45, 2.75) is 19.3 Å². The molecule has 68 valence electrons. The number of pyridine rings is 1. The van der Waals surface area contributed by atoms with Crippen LogP contribution in [0.1, 0.15) is 19.5 Å². The number of nitriles is 1. The van der Waals surface area contributed by atoms with Gasteiger partial charge in [-0.3, -0.25) is 4.98 Å². The Hall–Kier alpha value is -1.50. The van der Waals surface area contributed by atoms with Gasteiger partial charge in [0.2, 0.25) is 0 Å². The third kappa shape index (κ3) is 1.81. The number of hydrogen-bond acceptors (Lipinski definition) is 2. The van der Waals surface area contributed by atoms with Gasteiger partial charge in [0.1, 0.15) is 11.6 Å². The topological polar surface area (TPSA) is 36.7 Å². The smallest absolute Gasteiger partial charge is 0.149 e. The average molecular weight is 182 g/mol. The summed E-state index contributed by atoms with van der Waals surface area (Å²) >= 11 is 0. The van der Waals surface area contributed by atoms with Crippen LogP contribution in [0.25, 0.3) is 0 Å². The van der Waals surface area contributed by atoms with Gasteiger partial charge in [-0.05, 0) is 13.8 Å². The summed E-state index contributed by atoms with van der Waals surface area (Å²) < 4.78 is 25.5. The third-order valence-corrected chi connectivity index (χ3v) is 1.68. The van der Waals surface area contributed by atoms with Crippen LogP contribution < -0.4 is 0 Å². The van der Waals surface area contributed by atoms with Gasteiger partial charge in [-0.15, -0.1) is 0 Å². The largest absolute Gasteiger partial charge is 0.253 e. The molecule has 1 heterocycles. The molecule has 0 unspecified atom stereocenters. The Bertz CT molecular complexity index is 366. The number of halogens is 2. The van der Waals surface area contributed by atoms with E-state index in [0.29, 0.717) is 0 Å². The minimum absolute atomic E-state index is 0.0311. The minimum Gasteiger partial charge on any atom is -0.253 e. The summed E-state index contributed by atoms with van der Waals surface area (Å²) in [6.07, 6.45) is 0.900. The van der Waals surface area contributed by atoms with Crippen LogP contribution in [0.3, 0.4) is 0 Å². The number of hydrogen-bond donors (Lipinski definition) is 0. The maximum absolute atomic E-state index is 13.1. The second-order valence-corrected chi connectivity index (χ2v) is 3.22. The van der Waals surface area contributed by atoms with E-state index in [9.17, 15) is 8.78 Å². The average Bonchev–Trinajstić information content (AvgIpc) is 2.03. The van der Waals surface area contributed by atoms with Gasteiger partial charge in [0.05, 0.1) is 23.4 Å². The number of aromatic nitrogens is 1. The monoisotopic (exact) mass is 182 g/mol. The molecule has 0 aliphatic carbocycles. The Morgan fingerprint density at radius 2 is 2.08 bits per heavy atom. The first-order chi connectivity index (χ1) is 5.97. The van der Waals surface area contributed by atoms with Crippen molar-refractivity contribution in [3.8, 4) is 6.07 Å². The van der Waals surface area contributed by atoms with E-state index in [2.05, 4.69) is 4.98 Å². The fraction of sp³-hybridized carbons (Fsp3) is 0.333. The second-order valence-electron chi connectivity index (χ2n) is 3.22. The van der Waals surface area contributed by atoms with E-state index in [1.54, 1.807) is 0 Å². The first kappa shape index (κ1) is 9.59. The quantitative estimate of drug-likeness (QED) is 0.667. The summed E-state index contributed by atoms with van der Waals surface area (Å²) in [6.45, 7) is 3.05. The molecule has 1 aromatic rings. The highest BCUT2D eigenvalue weighted by molar-refractivity contribution is 5.24. The van der Waals surface area contributed by atoms with E-state index in [4.69, 9.17) is 5.26 Å². The van der Waals surface area contributed by atoms with Crippen molar-refractivity contribution in [2.24, 2.45) is 0 Å². The molecule has 0 aliphatic heterocycles. The van der Waals surface area contributed by atoms with E-state index in [0.717, 1.165) is 12.3 Å². The van der Waals surface area contributed by atoms with Gasteiger partial charge in [-0.25, -0.2) is 8.78 Å². The molecule has 0 aliphatic rings. The lowest BCUT2D eigenvalue weighted by Crippen LogP contribution is -2.18. The van der Waals surface area contributed by atoms with Gasteiger partial charge in [0.15, 0.2) is 0 Å². The molecule has 0 saturated heterocycles. The number of rotatable bonds is 1. The minimum atomic E-state index is -1.03. The molecule has 0 radical (unpaired) electrons. The standard InChI is InChI=1S/C9H8F2N2/c1-9(2,5-12)8-7(11)3-6(10)4-13-8/h3-4H,1-2H3. The first-order valence-electron chi connectivity index (χ1n) is 3.70. The normalized spacial score (nSPS) is 11.0. The molecule has 1 aromatic heterocycles. The Morgan fingerprint density at radius 1 is 1.46 bits per heavy atom. The van der Waals surface area contributed by atoms with Crippen molar-refractivity contribution in [2.75, 3.05) is 0 Å². The lowest BCUT2D eigenvalue weighted by molar-refractivity contribution is 0.522. The van der Waals surface area contributed by atoms with Gasteiger partial charge in [0.25, 0.3) is 0 Å². The highest BCUT2D eigenvalue weighted by Gasteiger charge is 2.25. The molecule has 0 N–H and O–H groups in total. The van der Waals surface area contributed by atoms with Crippen molar-refractivity contribution in [3.63, 3.8) is 0 Å². The van der Waals surface area contributed by atoms with Crippen molar-refractivity contribution in [3.05, 3.63) is 29.6 Å². The number of nitrogens with zero attached hydrogens (tertiary/aromatic N) is 2. The van der Waals surface area contributed by atoms with E-state index >= 15 is 0 Å². The van der Waals surface area contributed by atoms with Crippen LogP contribution in [0, 0.1) is 23.0 Å². The fourth-order valence-corrected chi connectivity index (χ4v) is 0.927. The zero-order valence-electron chi connectivity index (χ0n) is 7.31. The summed E-state index contributed by atoms with van der Waals surface area (Å²) in [5, 5.41) is 8.69. The van der Waals surface area contributed by atoms with E-state index in [-0.39, 0.29) is 5.69 Å². The van der Waals surface area contributed by atoms with Crippen molar-refractivity contribution >= 4 is 0 Å². The molecule has 0 aromatic carbocycles. The molecule has 0 bridgehead atoms. The Morgan fingerprint density at radius 3 is 2.54 bits per heavy atom. The second kappa shape index (κ2) is 3.09. The lowest BCUT2D eigenvalue weighted by atomic mass is 9.90. The Balaban J connectivity index is 3.26. The molecule has 13 heavy (non-hydrogen) atoms. The zero-order chi connectivity index (χ0) is 10.1. The summed E-state index contributed by atoms with van der Waals surface area (Å²) in [7, 11) is 0. The van der Waals surface area contributed by atoms with E-state index in [1.165, 1.54) is 13.8 Å². The van der Waals surface area contributed by atoms with Crippen LogP contribution in [0.4, 0.5) is 8.78 Å². The molecule has 4 heteroatoms. The third-order valence-electron chi connectivity index (χ3n) is 1.68. The van der Waals surface area contributed by atoms with Crippen molar-refractivity contribution < 1.29 is 8.78 Å². The fourth-order valence-electron chi connectivity index (χ4n) is 0.927. The van der Waals surface area contributed by atoms with Crippen LogP contribution in [-0.2, 0) is 5.41 Å². The zero-order valence-corrected chi connectivity index (χ0v) is 7.31. The highest BCUT2D eigenvalue weighted by atomic mass is 19.1. The summed E-state index contributed by atoms with van der Waals surface area (Å²) in [4.78, 5) is 3.55. The first-order valence-corrected chi connectivity index (χ1v) is 3.70. The predicted molar refractivity (Wildman–Crippen MR) is 42.8 cm³/mol. The van der Waals surface area contributed by atoms with Gasteiger partial charge in [0, 0.05) is 6.07 Å². The molecule has 0 amide bonds. The maximum Gasteiger partial charge on any atom is 0.149 e. The van der Waals surface area contributed by atoms with Crippen LogP contribution in [0.5, 0.6) is 0 Å². The molecule has 0 spiro atoms. The van der Waals surface area contributed by atoms with Crippen molar-refractivity contribution in [1.29, 1.82) is 5.26 Å². The van der Waals surface area contributed by atoms with Crippen LogP contribution in [0.15, 0.2) is 12.3 Å². The molecule has 0 saturated carbocycles. The summed E-state index contributed by atoms with van der Waals surface area (Å²) in [5.74, 6) is -1.53.